The summed E-state index contributed by atoms with van der Waals surface area (Å²) >= 11 is 1.23. The molecule has 2 unspecified atom stereocenters. The molecule has 0 spiro atoms. The Kier molecular flexibility index (Phi) is 16.1. The average molecular weight is 855 g/mol. The summed E-state index contributed by atoms with van der Waals surface area (Å²) in [6, 6.07) is 12.0. The third-order valence-corrected chi connectivity index (χ3v) is 11.4. The third kappa shape index (κ3) is 12.2. The van der Waals surface area contributed by atoms with Crippen molar-refractivity contribution in [1.82, 2.24) is 14.8 Å². The standard InChI is InChI=1S/C41H39F4N4O8PS/c1-4-16-54-58(51,55-17-5-2)56-22-31-12-13-32(42)19-35(31)40(50)57-41(25-49-27-47-26-48-49,36-15-14-33(43)20-38(36)45)28(3)59-34-23-52-39(53-24-34)9-7-6-8-30-11-10-29(21-46)18-37(30)44/h4-15,18-20,26-28,34,39H,1-2,16-17,22-25H2,3H3. The molecule has 12 nitrogen and oxygen atoms in total. The number of esters is 1. The number of halogens is 4. The highest BCUT2D eigenvalue weighted by Gasteiger charge is 2.47. The molecule has 0 aliphatic carbocycles. The summed E-state index contributed by atoms with van der Waals surface area (Å²) in [5.41, 5.74) is -2.05. The minimum absolute atomic E-state index is 0.0145. The topological polar surface area (TPSA) is 144 Å². The van der Waals surface area contributed by atoms with Crippen molar-refractivity contribution in [3.8, 4) is 6.07 Å². The van der Waals surface area contributed by atoms with Crippen LogP contribution in [0.4, 0.5) is 17.6 Å². The molecule has 4 aromatic rings. The number of rotatable bonds is 20. The molecule has 2 heterocycles. The van der Waals surface area contributed by atoms with Crippen molar-refractivity contribution in [2.24, 2.45) is 0 Å². The minimum Gasteiger partial charge on any atom is -0.447 e. The zero-order valence-electron chi connectivity index (χ0n) is 31.6. The molecule has 1 aromatic heterocycles. The van der Waals surface area contributed by atoms with E-state index in [1.54, 1.807) is 25.2 Å². The third-order valence-electron chi connectivity index (χ3n) is 8.63. The van der Waals surface area contributed by atoms with E-state index in [-0.39, 0.29) is 60.8 Å². The van der Waals surface area contributed by atoms with E-state index in [0.717, 1.165) is 30.3 Å². The highest BCUT2D eigenvalue weighted by atomic mass is 32.2. The Morgan fingerprint density at radius 1 is 1.02 bits per heavy atom. The second kappa shape index (κ2) is 21.2. The number of hydrogen-bond acceptors (Lipinski definition) is 12. The van der Waals surface area contributed by atoms with Crippen molar-refractivity contribution in [2.45, 2.75) is 42.5 Å². The molecule has 0 N–H and O–H groups in total. The summed E-state index contributed by atoms with van der Waals surface area (Å²) in [6.45, 7) is 7.64. The zero-order chi connectivity index (χ0) is 42.4. The quantitative estimate of drug-likeness (QED) is 0.0276. The normalized spacial score (nSPS) is 17.4. The first kappa shape index (κ1) is 44.9. The number of phosphoric ester groups is 1. The summed E-state index contributed by atoms with van der Waals surface area (Å²) in [7, 11) is -4.23. The van der Waals surface area contributed by atoms with Crippen LogP contribution in [0.3, 0.4) is 0 Å². The molecular weight excluding hydrogens is 816 g/mol. The molecule has 0 radical (unpaired) electrons. The fraction of sp³-hybridized carbons (Fsp3) is 0.268. The minimum atomic E-state index is -4.23. The van der Waals surface area contributed by atoms with Gasteiger partial charge in [-0.25, -0.2) is 36.6 Å². The summed E-state index contributed by atoms with van der Waals surface area (Å²) < 4.78 is 108. The molecule has 310 valence electrons. The molecule has 1 aliphatic heterocycles. The Labute approximate surface area is 342 Å². The number of nitriles is 1. The lowest BCUT2D eigenvalue weighted by atomic mass is 9.89. The number of ether oxygens (including phenoxy) is 3. The van der Waals surface area contributed by atoms with E-state index in [9.17, 15) is 22.5 Å². The van der Waals surface area contributed by atoms with Gasteiger partial charge in [0.15, 0.2) is 11.9 Å². The van der Waals surface area contributed by atoms with Crippen molar-refractivity contribution >= 4 is 31.6 Å². The molecule has 0 saturated carbocycles. The van der Waals surface area contributed by atoms with Crippen LogP contribution in [0.25, 0.3) is 6.08 Å². The van der Waals surface area contributed by atoms with Crippen LogP contribution in [0, 0.1) is 34.6 Å². The van der Waals surface area contributed by atoms with Crippen LogP contribution in [0.5, 0.6) is 0 Å². The molecule has 2 atom stereocenters. The van der Waals surface area contributed by atoms with Crippen molar-refractivity contribution in [3.05, 3.63) is 162 Å². The van der Waals surface area contributed by atoms with Gasteiger partial charge in [0.25, 0.3) is 0 Å². The van der Waals surface area contributed by atoms with E-state index in [1.165, 1.54) is 65.5 Å². The lowest BCUT2D eigenvalue weighted by Crippen LogP contribution is -2.47. The van der Waals surface area contributed by atoms with Crippen LogP contribution in [0.1, 0.15) is 39.5 Å². The largest absolute Gasteiger partial charge is 0.475 e. The van der Waals surface area contributed by atoms with E-state index in [2.05, 4.69) is 23.2 Å². The lowest BCUT2D eigenvalue weighted by Gasteiger charge is -2.40. The van der Waals surface area contributed by atoms with E-state index < -0.39 is 66.1 Å². The highest BCUT2D eigenvalue weighted by Crippen LogP contribution is 2.50. The van der Waals surface area contributed by atoms with Crippen molar-refractivity contribution in [3.63, 3.8) is 0 Å². The van der Waals surface area contributed by atoms with E-state index in [4.69, 9.17) is 33.0 Å². The Morgan fingerprint density at radius 2 is 1.73 bits per heavy atom. The smallest absolute Gasteiger partial charge is 0.447 e. The molecule has 3 aromatic carbocycles. The molecule has 18 heteroatoms. The number of hydrogen-bond donors (Lipinski definition) is 0. The molecule has 0 amide bonds. The van der Waals surface area contributed by atoms with Crippen LogP contribution < -0.4 is 0 Å². The number of benzene rings is 3. The Balaban J connectivity index is 1.40. The molecule has 1 saturated heterocycles. The van der Waals surface area contributed by atoms with Gasteiger partial charge in [-0.15, -0.1) is 24.9 Å². The second-order valence-electron chi connectivity index (χ2n) is 12.7. The van der Waals surface area contributed by atoms with Gasteiger partial charge in [0, 0.05) is 22.4 Å². The van der Waals surface area contributed by atoms with E-state index >= 15 is 4.39 Å². The van der Waals surface area contributed by atoms with Gasteiger partial charge in [-0.05, 0) is 55.0 Å². The lowest BCUT2D eigenvalue weighted by molar-refractivity contribution is -0.146. The monoisotopic (exact) mass is 854 g/mol. The molecule has 5 rings (SSSR count). The van der Waals surface area contributed by atoms with Gasteiger partial charge in [0.2, 0.25) is 0 Å². The maximum Gasteiger partial charge on any atom is 0.475 e. The van der Waals surface area contributed by atoms with Crippen LogP contribution in [-0.2, 0) is 51.1 Å². The molecule has 1 aliphatic rings. The molecular formula is C41H39F4N4O8PS. The van der Waals surface area contributed by atoms with E-state index in [1.807, 2.05) is 6.07 Å². The van der Waals surface area contributed by atoms with Gasteiger partial charge in [-0.2, -0.15) is 10.4 Å². The van der Waals surface area contributed by atoms with Crippen molar-refractivity contribution in [2.75, 3.05) is 26.4 Å². The predicted molar refractivity (Wildman–Crippen MR) is 210 cm³/mol. The maximum atomic E-state index is 16.0. The van der Waals surface area contributed by atoms with Gasteiger partial charge in [0.1, 0.15) is 35.9 Å². The summed E-state index contributed by atoms with van der Waals surface area (Å²) in [4.78, 5) is 18.3. The SMILES string of the molecule is C=CCOP(=O)(OCC=C)OCc1ccc(F)cc1C(=O)OC(Cn1cncn1)(c1ccc(F)cc1F)C(C)SC1COC(C=CC=Cc2ccc(C#N)cc2F)OC1. The number of thioether (sulfide) groups is 1. The first-order chi connectivity index (χ1) is 28.4. The first-order valence-electron chi connectivity index (χ1n) is 17.9. The van der Waals surface area contributed by atoms with Crippen LogP contribution in [0.15, 0.2) is 111 Å². The zero-order valence-corrected chi connectivity index (χ0v) is 33.3. The summed E-state index contributed by atoms with van der Waals surface area (Å²) in [6.07, 6.45) is 10.8. The number of carbonyl (C=O) groups is 1. The predicted octanol–water partition coefficient (Wildman–Crippen LogP) is 8.62. The Morgan fingerprint density at radius 3 is 2.37 bits per heavy atom. The molecule has 0 bridgehead atoms. The van der Waals surface area contributed by atoms with Gasteiger partial charge in [-0.1, -0.05) is 42.5 Å². The van der Waals surface area contributed by atoms with Crippen LogP contribution in [-0.4, -0.2) is 64.0 Å². The maximum absolute atomic E-state index is 16.0. The fourth-order valence-corrected chi connectivity index (χ4v) is 8.22. The Hall–Kier alpha value is -5.18. The summed E-state index contributed by atoms with van der Waals surface area (Å²) in [5, 5.41) is 11.8. The number of aromatic nitrogens is 3. The number of phosphoric acid groups is 1. The highest BCUT2D eigenvalue weighted by molar-refractivity contribution is 8.00. The van der Waals surface area contributed by atoms with E-state index in [0.29, 0.717) is 6.07 Å². The summed E-state index contributed by atoms with van der Waals surface area (Å²) in [5.74, 6) is -4.43. The van der Waals surface area contributed by atoms with Gasteiger partial charge in [0.05, 0.1) is 62.0 Å². The van der Waals surface area contributed by atoms with Gasteiger partial charge >= 0.3 is 13.8 Å². The Bertz CT molecular complexity index is 2230. The van der Waals surface area contributed by atoms with Crippen LogP contribution >= 0.6 is 19.6 Å². The van der Waals surface area contributed by atoms with Gasteiger partial charge in [-0.3, -0.25) is 13.6 Å². The van der Waals surface area contributed by atoms with Crippen molar-refractivity contribution < 1.29 is 54.7 Å². The van der Waals surface area contributed by atoms with Crippen molar-refractivity contribution in [1.29, 1.82) is 5.26 Å². The first-order valence-corrected chi connectivity index (χ1v) is 20.3. The number of allylic oxidation sites excluding steroid dienone is 2. The fourth-order valence-electron chi connectivity index (χ4n) is 5.76. The van der Waals surface area contributed by atoms with Crippen LogP contribution in [0.2, 0.25) is 0 Å². The number of nitrogens with zero attached hydrogens (tertiary/aromatic N) is 4. The molecule has 59 heavy (non-hydrogen) atoms. The second-order valence-corrected chi connectivity index (χ2v) is 16.0. The average Bonchev–Trinajstić information content (AvgIpc) is 3.74. The number of carbonyl (C=O) groups excluding carboxylic acids is 1. The van der Waals surface area contributed by atoms with Gasteiger partial charge < -0.3 is 14.2 Å². The molecule has 1 fully saturated rings.